The Labute approximate surface area is 101 Å². The highest BCUT2D eigenvalue weighted by Crippen LogP contribution is 2.31. The number of aliphatic hydroxyl groups excluding tert-OH is 1. The van der Waals surface area contributed by atoms with Gasteiger partial charge in [-0.2, -0.15) is 0 Å². The second kappa shape index (κ2) is 6.25. The maximum atomic E-state index is 11.1. The van der Waals surface area contributed by atoms with Crippen LogP contribution in [-0.4, -0.2) is 25.3 Å². The van der Waals surface area contributed by atoms with Crippen molar-refractivity contribution >= 4 is 5.97 Å². The highest BCUT2D eigenvalue weighted by atomic mass is 16.5. The van der Waals surface area contributed by atoms with Gasteiger partial charge >= 0.3 is 5.97 Å². The Kier molecular flexibility index (Phi) is 4.97. The topological polar surface area (TPSA) is 55.8 Å². The lowest BCUT2D eigenvalue weighted by atomic mass is 9.94. The molecule has 0 aliphatic rings. The van der Waals surface area contributed by atoms with E-state index < -0.39 is 6.10 Å². The first-order valence-electron chi connectivity index (χ1n) is 5.48. The molecule has 1 N–H and O–H groups in total. The van der Waals surface area contributed by atoms with E-state index in [0.29, 0.717) is 11.3 Å². The highest BCUT2D eigenvalue weighted by molar-refractivity contribution is 5.69. The van der Waals surface area contributed by atoms with E-state index in [9.17, 15) is 9.90 Å². The average Bonchev–Trinajstić information content (AvgIpc) is 2.37. The summed E-state index contributed by atoms with van der Waals surface area (Å²) in [6.07, 6.45) is -0.569. The monoisotopic (exact) mass is 238 g/mol. The second-order valence-electron chi connectivity index (χ2n) is 3.94. The highest BCUT2D eigenvalue weighted by Gasteiger charge is 2.22. The van der Waals surface area contributed by atoms with Crippen molar-refractivity contribution in [3.63, 3.8) is 0 Å². The summed E-state index contributed by atoms with van der Waals surface area (Å²) in [5, 5.41) is 10.2. The van der Waals surface area contributed by atoms with Crippen LogP contribution in [0, 0.1) is 5.92 Å². The van der Waals surface area contributed by atoms with Gasteiger partial charge < -0.3 is 14.6 Å². The predicted molar refractivity (Wildman–Crippen MR) is 63.8 cm³/mol. The second-order valence-corrected chi connectivity index (χ2v) is 3.94. The Morgan fingerprint density at radius 3 is 2.59 bits per heavy atom. The maximum absolute atomic E-state index is 11.1. The van der Waals surface area contributed by atoms with Crippen molar-refractivity contribution in [1.29, 1.82) is 0 Å². The van der Waals surface area contributed by atoms with Crippen molar-refractivity contribution in [1.82, 2.24) is 0 Å². The Hall–Kier alpha value is -1.55. The Balaban J connectivity index is 2.80. The fourth-order valence-corrected chi connectivity index (χ4v) is 1.68. The van der Waals surface area contributed by atoms with Gasteiger partial charge in [-0.3, -0.25) is 4.79 Å². The lowest BCUT2D eigenvalue weighted by molar-refractivity contribution is -0.142. The van der Waals surface area contributed by atoms with E-state index in [1.807, 2.05) is 12.1 Å². The van der Waals surface area contributed by atoms with Gasteiger partial charge in [0.1, 0.15) is 5.75 Å². The summed E-state index contributed by atoms with van der Waals surface area (Å²) in [5.74, 6) is 0.0712. The molecule has 0 fully saturated rings. The number of ether oxygens (including phenoxy) is 2. The van der Waals surface area contributed by atoms with Crippen molar-refractivity contribution < 1.29 is 19.4 Å². The quantitative estimate of drug-likeness (QED) is 0.796. The number of hydrogen-bond donors (Lipinski definition) is 1. The van der Waals surface area contributed by atoms with Crippen molar-refractivity contribution in [2.24, 2.45) is 5.92 Å². The van der Waals surface area contributed by atoms with Crippen LogP contribution in [-0.2, 0) is 9.53 Å². The van der Waals surface area contributed by atoms with Crippen LogP contribution in [0.4, 0.5) is 0 Å². The van der Waals surface area contributed by atoms with Crippen molar-refractivity contribution in [3.05, 3.63) is 29.8 Å². The van der Waals surface area contributed by atoms with Gasteiger partial charge in [0, 0.05) is 5.56 Å². The molecule has 0 bridgehead atoms. The molecule has 2 unspecified atom stereocenters. The molecule has 1 rings (SSSR count). The van der Waals surface area contributed by atoms with Crippen LogP contribution in [0.1, 0.15) is 25.0 Å². The largest absolute Gasteiger partial charge is 0.496 e. The van der Waals surface area contributed by atoms with Crippen LogP contribution in [0.15, 0.2) is 24.3 Å². The van der Waals surface area contributed by atoms with Gasteiger partial charge in [0.25, 0.3) is 0 Å². The Morgan fingerprint density at radius 2 is 2.00 bits per heavy atom. The first-order valence-corrected chi connectivity index (χ1v) is 5.48. The van der Waals surface area contributed by atoms with Gasteiger partial charge in [0.2, 0.25) is 0 Å². The molecule has 4 nitrogen and oxygen atoms in total. The van der Waals surface area contributed by atoms with E-state index in [4.69, 9.17) is 4.74 Å². The molecule has 0 saturated carbocycles. The lowest BCUT2D eigenvalue weighted by Gasteiger charge is -2.20. The number of hydrogen-bond acceptors (Lipinski definition) is 4. The lowest BCUT2D eigenvalue weighted by Crippen LogP contribution is -2.15. The van der Waals surface area contributed by atoms with Crippen LogP contribution < -0.4 is 4.74 Å². The minimum Gasteiger partial charge on any atom is -0.496 e. The van der Waals surface area contributed by atoms with Gasteiger partial charge in [-0.15, -0.1) is 0 Å². The maximum Gasteiger partial charge on any atom is 0.305 e. The molecule has 0 spiro atoms. The van der Waals surface area contributed by atoms with E-state index >= 15 is 0 Å². The van der Waals surface area contributed by atoms with E-state index in [2.05, 4.69) is 4.74 Å². The summed E-state index contributed by atoms with van der Waals surface area (Å²) < 4.78 is 9.75. The summed E-state index contributed by atoms with van der Waals surface area (Å²) in [5.41, 5.74) is 0.686. The molecular formula is C13H18O4. The average molecular weight is 238 g/mol. The first-order chi connectivity index (χ1) is 8.10. The van der Waals surface area contributed by atoms with Gasteiger partial charge in [-0.05, 0) is 12.0 Å². The fraction of sp³-hybridized carbons (Fsp3) is 0.462. The number of methoxy groups -OCH3 is 2. The Bertz CT molecular complexity index is 375. The number of aliphatic hydroxyl groups is 1. The van der Waals surface area contributed by atoms with Crippen LogP contribution in [0.2, 0.25) is 0 Å². The molecule has 2 atom stereocenters. The van der Waals surface area contributed by atoms with Crippen molar-refractivity contribution in [2.45, 2.75) is 19.4 Å². The van der Waals surface area contributed by atoms with E-state index in [1.165, 1.54) is 7.11 Å². The molecule has 0 aliphatic carbocycles. The molecule has 0 amide bonds. The number of rotatable bonds is 5. The molecule has 94 valence electrons. The van der Waals surface area contributed by atoms with Gasteiger partial charge in [-0.1, -0.05) is 25.1 Å². The normalized spacial score (nSPS) is 13.9. The third-order valence-corrected chi connectivity index (χ3v) is 2.71. The van der Waals surface area contributed by atoms with Gasteiger partial charge in [0.05, 0.1) is 26.7 Å². The Morgan fingerprint density at radius 1 is 1.35 bits per heavy atom. The number of benzene rings is 1. The van der Waals surface area contributed by atoms with Gasteiger partial charge in [-0.25, -0.2) is 0 Å². The standard InChI is InChI=1S/C13H18O4/c1-9(8-12(14)17-3)13(15)10-6-4-5-7-11(10)16-2/h4-7,9,13,15H,8H2,1-3H3. The minimum atomic E-state index is -0.745. The molecule has 1 aromatic carbocycles. The summed E-state index contributed by atoms with van der Waals surface area (Å²) in [6.45, 7) is 1.80. The minimum absolute atomic E-state index is 0.176. The molecule has 0 heterocycles. The number of carbonyl (C=O) groups is 1. The molecular weight excluding hydrogens is 220 g/mol. The summed E-state index contributed by atoms with van der Waals surface area (Å²) in [6, 6.07) is 7.23. The number of carbonyl (C=O) groups excluding carboxylic acids is 1. The third-order valence-electron chi connectivity index (χ3n) is 2.71. The molecule has 0 aliphatic heterocycles. The first kappa shape index (κ1) is 13.5. The summed E-state index contributed by atoms with van der Waals surface area (Å²) in [4.78, 5) is 11.1. The summed E-state index contributed by atoms with van der Waals surface area (Å²) in [7, 11) is 2.89. The number of para-hydroxylation sites is 1. The van der Waals surface area contributed by atoms with Crippen molar-refractivity contribution in [2.75, 3.05) is 14.2 Å². The van der Waals surface area contributed by atoms with E-state index in [1.54, 1.807) is 26.2 Å². The van der Waals surface area contributed by atoms with E-state index in [0.717, 1.165) is 0 Å². The number of esters is 1. The van der Waals surface area contributed by atoms with Crippen LogP contribution in [0.3, 0.4) is 0 Å². The molecule has 0 aromatic heterocycles. The van der Waals surface area contributed by atoms with E-state index in [-0.39, 0.29) is 18.3 Å². The zero-order valence-electron chi connectivity index (χ0n) is 10.3. The van der Waals surface area contributed by atoms with Crippen LogP contribution in [0.5, 0.6) is 5.75 Å². The predicted octanol–water partition coefficient (Wildman–Crippen LogP) is 1.93. The van der Waals surface area contributed by atoms with Crippen LogP contribution in [0.25, 0.3) is 0 Å². The molecule has 0 radical (unpaired) electrons. The zero-order valence-corrected chi connectivity index (χ0v) is 10.3. The molecule has 17 heavy (non-hydrogen) atoms. The molecule has 4 heteroatoms. The molecule has 1 aromatic rings. The van der Waals surface area contributed by atoms with Crippen LogP contribution >= 0.6 is 0 Å². The SMILES string of the molecule is COC(=O)CC(C)C(O)c1ccccc1OC. The zero-order chi connectivity index (χ0) is 12.8. The smallest absolute Gasteiger partial charge is 0.305 e. The van der Waals surface area contributed by atoms with Crippen molar-refractivity contribution in [3.8, 4) is 5.75 Å². The fourth-order valence-electron chi connectivity index (χ4n) is 1.68. The molecule has 0 saturated heterocycles. The summed E-state index contributed by atoms with van der Waals surface area (Å²) >= 11 is 0. The van der Waals surface area contributed by atoms with Gasteiger partial charge in [0.15, 0.2) is 0 Å². The third kappa shape index (κ3) is 3.46.